The monoisotopic (exact) mass is 614 g/mol. The molecule has 1 aliphatic rings. The van der Waals surface area contributed by atoms with Gasteiger partial charge in [-0.15, -0.1) is 0 Å². The van der Waals surface area contributed by atoms with E-state index in [2.05, 4.69) is 49.1 Å². The number of benzene rings is 3. The quantitative estimate of drug-likeness (QED) is 0.265. The van der Waals surface area contributed by atoms with E-state index < -0.39 is 0 Å². The SMILES string of the molecule is CCOc1cc(/C=C2\SC(=Nc3ccc(CC)cc3)NC2=O)cc(Br)c1OCc1ccc(Br)cc1. The molecule has 5 nitrogen and oxygen atoms in total. The second kappa shape index (κ2) is 11.9. The number of aryl methyl sites for hydroxylation is 1. The summed E-state index contributed by atoms with van der Waals surface area (Å²) in [7, 11) is 0. The molecule has 3 aromatic carbocycles. The normalized spacial score (nSPS) is 15.5. The average Bonchev–Trinajstić information content (AvgIpc) is 3.18. The first-order chi connectivity index (χ1) is 16.9. The average molecular weight is 616 g/mol. The highest BCUT2D eigenvalue weighted by Crippen LogP contribution is 2.39. The smallest absolute Gasteiger partial charge is 0.264 e. The third-order valence-corrected chi connectivity index (χ3v) is 7.18. The molecular formula is C27H24Br2N2O3S. The van der Waals surface area contributed by atoms with E-state index in [4.69, 9.17) is 9.47 Å². The fourth-order valence-electron chi connectivity index (χ4n) is 3.37. The lowest BCUT2D eigenvalue weighted by atomic mass is 10.1. The summed E-state index contributed by atoms with van der Waals surface area (Å²) in [5, 5.41) is 3.40. The predicted molar refractivity (Wildman–Crippen MR) is 150 cm³/mol. The minimum Gasteiger partial charge on any atom is -0.490 e. The summed E-state index contributed by atoms with van der Waals surface area (Å²) in [5.41, 5.74) is 3.92. The number of thioether (sulfide) groups is 1. The molecule has 0 spiro atoms. The number of carbonyl (C=O) groups excluding carboxylic acids is 1. The Hall–Kier alpha value is -2.55. The van der Waals surface area contributed by atoms with Crippen molar-refractivity contribution in [2.24, 2.45) is 4.99 Å². The summed E-state index contributed by atoms with van der Waals surface area (Å²) >= 11 is 8.38. The first-order valence-electron chi connectivity index (χ1n) is 11.2. The molecule has 1 amide bonds. The second-order valence-electron chi connectivity index (χ2n) is 7.68. The van der Waals surface area contributed by atoms with E-state index >= 15 is 0 Å². The highest BCUT2D eigenvalue weighted by Gasteiger charge is 2.24. The van der Waals surface area contributed by atoms with Gasteiger partial charge >= 0.3 is 0 Å². The van der Waals surface area contributed by atoms with E-state index in [0.29, 0.717) is 34.8 Å². The van der Waals surface area contributed by atoms with Crippen LogP contribution in [0, 0.1) is 0 Å². The summed E-state index contributed by atoms with van der Waals surface area (Å²) in [6.45, 7) is 4.93. The van der Waals surface area contributed by atoms with Crippen molar-refractivity contribution >= 4 is 66.5 Å². The third kappa shape index (κ3) is 6.78. The van der Waals surface area contributed by atoms with Crippen LogP contribution in [0.3, 0.4) is 0 Å². The van der Waals surface area contributed by atoms with Crippen molar-refractivity contribution in [1.82, 2.24) is 5.32 Å². The lowest BCUT2D eigenvalue weighted by Gasteiger charge is -2.15. The molecule has 0 saturated carbocycles. The third-order valence-electron chi connectivity index (χ3n) is 5.15. The van der Waals surface area contributed by atoms with Gasteiger partial charge in [0.25, 0.3) is 5.91 Å². The molecule has 0 aromatic heterocycles. The van der Waals surface area contributed by atoms with Crippen molar-refractivity contribution < 1.29 is 14.3 Å². The van der Waals surface area contributed by atoms with Crippen molar-refractivity contribution in [2.75, 3.05) is 6.61 Å². The minimum atomic E-state index is -0.177. The predicted octanol–water partition coefficient (Wildman–Crippen LogP) is 7.64. The summed E-state index contributed by atoms with van der Waals surface area (Å²) in [5.74, 6) is 1.06. The van der Waals surface area contributed by atoms with E-state index in [-0.39, 0.29) is 5.91 Å². The number of aliphatic imine (C=N–C) groups is 1. The van der Waals surface area contributed by atoms with Gasteiger partial charge in [-0.25, -0.2) is 4.99 Å². The molecule has 1 heterocycles. The lowest BCUT2D eigenvalue weighted by Crippen LogP contribution is -2.19. The number of nitrogens with one attached hydrogen (secondary N) is 1. The number of halogens is 2. The maximum absolute atomic E-state index is 12.6. The molecule has 0 radical (unpaired) electrons. The van der Waals surface area contributed by atoms with Crippen LogP contribution in [-0.4, -0.2) is 17.7 Å². The summed E-state index contributed by atoms with van der Waals surface area (Å²) in [4.78, 5) is 17.7. The first kappa shape index (κ1) is 25.5. The van der Waals surface area contributed by atoms with E-state index in [9.17, 15) is 4.79 Å². The molecule has 0 atom stereocenters. The zero-order chi connectivity index (χ0) is 24.8. The Morgan fingerprint density at radius 2 is 1.69 bits per heavy atom. The van der Waals surface area contributed by atoms with Crippen molar-refractivity contribution in [1.29, 1.82) is 0 Å². The molecule has 0 aliphatic carbocycles. The van der Waals surface area contributed by atoms with Crippen LogP contribution >= 0.6 is 43.6 Å². The van der Waals surface area contributed by atoms with Crippen LogP contribution in [0.1, 0.15) is 30.5 Å². The number of carbonyl (C=O) groups is 1. The van der Waals surface area contributed by atoms with Gasteiger partial charge in [0, 0.05) is 4.47 Å². The fraction of sp³-hybridized carbons (Fsp3) is 0.185. The zero-order valence-electron chi connectivity index (χ0n) is 19.3. The number of nitrogens with zero attached hydrogens (tertiary/aromatic N) is 1. The number of hydrogen-bond donors (Lipinski definition) is 1. The van der Waals surface area contributed by atoms with Gasteiger partial charge < -0.3 is 14.8 Å². The van der Waals surface area contributed by atoms with Crippen molar-refractivity contribution in [3.63, 3.8) is 0 Å². The van der Waals surface area contributed by atoms with E-state index in [0.717, 1.165) is 32.2 Å². The van der Waals surface area contributed by atoms with Crippen LogP contribution in [0.15, 0.2) is 79.5 Å². The summed E-state index contributed by atoms with van der Waals surface area (Å²) in [6.07, 6.45) is 2.80. The number of amides is 1. The molecule has 1 aliphatic heterocycles. The molecule has 0 bridgehead atoms. The Bertz CT molecular complexity index is 1270. The molecule has 1 N–H and O–H groups in total. The summed E-state index contributed by atoms with van der Waals surface area (Å²) in [6, 6.07) is 19.8. The Morgan fingerprint density at radius 3 is 2.37 bits per heavy atom. The number of ether oxygens (including phenoxy) is 2. The van der Waals surface area contributed by atoms with Crippen LogP contribution in [0.5, 0.6) is 11.5 Å². The van der Waals surface area contributed by atoms with Gasteiger partial charge in [-0.3, -0.25) is 4.79 Å². The van der Waals surface area contributed by atoms with Gasteiger partial charge in [-0.1, -0.05) is 47.1 Å². The standard InChI is InChI=1S/C27H24Br2N2O3S/c1-3-17-7-11-21(12-8-17)30-27-31-26(32)24(35-27)15-19-13-22(29)25(23(14-19)33-4-2)34-16-18-5-9-20(28)10-6-18/h5-15H,3-4,16H2,1-2H3,(H,30,31,32)/b24-15-. The molecule has 180 valence electrons. The maximum Gasteiger partial charge on any atom is 0.264 e. The fourth-order valence-corrected chi connectivity index (χ4v) is 5.05. The van der Waals surface area contributed by atoms with E-state index in [1.54, 1.807) is 0 Å². The Morgan fingerprint density at radius 1 is 0.971 bits per heavy atom. The highest BCUT2D eigenvalue weighted by molar-refractivity contribution is 9.10. The largest absolute Gasteiger partial charge is 0.490 e. The van der Waals surface area contributed by atoms with Crippen molar-refractivity contribution in [2.45, 2.75) is 26.9 Å². The molecule has 8 heteroatoms. The van der Waals surface area contributed by atoms with Gasteiger partial charge in [-0.05, 0) is 100 Å². The molecule has 0 unspecified atom stereocenters. The van der Waals surface area contributed by atoms with Gasteiger partial charge in [0.05, 0.1) is 21.7 Å². The van der Waals surface area contributed by atoms with Crippen LogP contribution < -0.4 is 14.8 Å². The molecular weight excluding hydrogens is 592 g/mol. The van der Waals surface area contributed by atoms with E-state index in [1.807, 2.05) is 73.7 Å². The van der Waals surface area contributed by atoms with Crippen molar-refractivity contribution in [3.05, 3.63) is 91.2 Å². The van der Waals surface area contributed by atoms with Gasteiger partial charge in [0.15, 0.2) is 16.7 Å². The Labute approximate surface area is 226 Å². The van der Waals surface area contributed by atoms with Gasteiger partial charge in [-0.2, -0.15) is 0 Å². The van der Waals surface area contributed by atoms with Crippen molar-refractivity contribution in [3.8, 4) is 11.5 Å². The first-order valence-corrected chi connectivity index (χ1v) is 13.6. The molecule has 35 heavy (non-hydrogen) atoms. The van der Waals surface area contributed by atoms with Crippen LogP contribution in [0.25, 0.3) is 6.08 Å². The number of amidine groups is 1. The van der Waals surface area contributed by atoms with Gasteiger partial charge in [0.2, 0.25) is 0 Å². The minimum absolute atomic E-state index is 0.177. The lowest BCUT2D eigenvalue weighted by molar-refractivity contribution is -0.115. The number of hydrogen-bond acceptors (Lipinski definition) is 5. The Kier molecular flexibility index (Phi) is 8.70. The van der Waals surface area contributed by atoms with Gasteiger partial charge in [0.1, 0.15) is 6.61 Å². The maximum atomic E-state index is 12.6. The van der Waals surface area contributed by atoms with Crippen LogP contribution in [0.4, 0.5) is 5.69 Å². The summed E-state index contributed by atoms with van der Waals surface area (Å²) < 4.78 is 13.7. The molecule has 1 fully saturated rings. The molecule has 3 aromatic rings. The van der Waals surface area contributed by atoms with Crippen LogP contribution in [0.2, 0.25) is 0 Å². The van der Waals surface area contributed by atoms with E-state index in [1.165, 1.54) is 17.3 Å². The molecule has 1 saturated heterocycles. The highest BCUT2D eigenvalue weighted by atomic mass is 79.9. The number of rotatable bonds is 8. The van der Waals surface area contributed by atoms with Crippen LogP contribution in [-0.2, 0) is 17.8 Å². The second-order valence-corrected chi connectivity index (χ2v) is 10.5. The molecule has 4 rings (SSSR count). The topological polar surface area (TPSA) is 59.9 Å². The zero-order valence-corrected chi connectivity index (χ0v) is 23.3. The Balaban J connectivity index is 1.53.